The molecule has 0 saturated heterocycles. The van der Waals surface area contributed by atoms with E-state index in [1.54, 1.807) is 18.5 Å². The first-order chi connectivity index (χ1) is 14.1. The Balaban J connectivity index is 1.42. The lowest BCUT2D eigenvalue weighted by Crippen LogP contribution is -2.33. The van der Waals surface area contributed by atoms with E-state index in [4.69, 9.17) is 4.74 Å². The van der Waals surface area contributed by atoms with Crippen molar-refractivity contribution in [2.75, 3.05) is 6.54 Å². The number of carbonyl (C=O) groups is 1. The van der Waals surface area contributed by atoms with Crippen molar-refractivity contribution in [3.8, 4) is 17.1 Å². The Morgan fingerprint density at radius 2 is 1.93 bits per heavy atom. The fraction of sp³-hybridized carbons (Fsp3) is 0.217. The van der Waals surface area contributed by atoms with Crippen LogP contribution in [0.2, 0.25) is 0 Å². The normalized spacial score (nSPS) is 15.2. The molecule has 0 fully saturated rings. The van der Waals surface area contributed by atoms with Gasteiger partial charge in [0.1, 0.15) is 11.9 Å². The van der Waals surface area contributed by atoms with Crippen LogP contribution in [0.25, 0.3) is 17.5 Å². The molecule has 0 saturated carbocycles. The van der Waals surface area contributed by atoms with E-state index in [9.17, 15) is 4.79 Å². The van der Waals surface area contributed by atoms with Gasteiger partial charge in [-0.3, -0.25) is 9.78 Å². The molecule has 2 aromatic heterocycles. The third kappa shape index (κ3) is 4.48. The number of benzene rings is 1. The second-order valence-corrected chi connectivity index (χ2v) is 7.07. The SMILES string of the molecule is Cc1cc(C)nc(-c2cccc3c2OC(CNC(=O)/C=C/c2ccncc2)C3)n1. The van der Waals surface area contributed by atoms with Gasteiger partial charge in [0.25, 0.3) is 0 Å². The van der Waals surface area contributed by atoms with Crippen molar-refractivity contribution in [3.63, 3.8) is 0 Å². The number of aryl methyl sites for hydroxylation is 2. The number of nitrogens with zero attached hydrogens (tertiary/aromatic N) is 3. The number of pyridine rings is 1. The molecule has 1 N–H and O–H groups in total. The number of aromatic nitrogens is 3. The van der Waals surface area contributed by atoms with E-state index < -0.39 is 0 Å². The number of para-hydroxylation sites is 1. The Bertz CT molecular complexity index is 1040. The fourth-order valence-corrected chi connectivity index (χ4v) is 3.39. The van der Waals surface area contributed by atoms with Crippen LogP contribution in [0, 0.1) is 13.8 Å². The number of hydrogen-bond donors (Lipinski definition) is 1. The highest BCUT2D eigenvalue weighted by molar-refractivity contribution is 5.91. The Morgan fingerprint density at radius 1 is 1.17 bits per heavy atom. The highest BCUT2D eigenvalue weighted by atomic mass is 16.5. The molecule has 1 aliphatic heterocycles. The summed E-state index contributed by atoms with van der Waals surface area (Å²) in [6, 6.07) is 11.7. The summed E-state index contributed by atoms with van der Waals surface area (Å²) in [5.74, 6) is 1.33. The smallest absolute Gasteiger partial charge is 0.244 e. The van der Waals surface area contributed by atoms with E-state index in [-0.39, 0.29) is 12.0 Å². The summed E-state index contributed by atoms with van der Waals surface area (Å²) in [5, 5.41) is 2.91. The first-order valence-electron chi connectivity index (χ1n) is 9.55. The number of hydrogen-bond acceptors (Lipinski definition) is 5. The van der Waals surface area contributed by atoms with Crippen LogP contribution in [-0.4, -0.2) is 33.5 Å². The zero-order chi connectivity index (χ0) is 20.2. The van der Waals surface area contributed by atoms with Crippen LogP contribution in [0.4, 0.5) is 0 Å². The van der Waals surface area contributed by atoms with E-state index in [0.29, 0.717) is 12.4 Å². The molecule has 1 aromatic carbocycles. The molecule has 6 heteroatoms. The molecule has 0 spiro atoms. The number of ether oxygens (including phenoxy) is 1. The molecule has 4 rings (SSSR count). The average Bonchev–Trinajstić information content (AvgIpc) is 3.14. The number of amides is 1. The van der Waals surface area contributed by atoms with E-state index in [2.05, 4.69) is 20.3 Å². The van der Waals surface area contributed by atoms with Gasteiger partial charge < -0.3 is 10.1 Å². The van der Waals surface area contributed by atoms with Crippen LogP contribution < -0.4 is 10.1 Å². The molecule has 0 aliphatic carbocycles. The maximum Gasteiger partial charge on any atom is 0.244 e. The molecule has 1 atom stereocenters. The number of rotatable bonds is 5. The molecule has 1 unspecified atom stereocenters. The van der Waals surface area contributed by atoms with Gasteiger partial charge >= 0.3 is 0 Å². The van der Waals surface area contributed by atoms with Gasteiger partial charge in [-0.1, -0.05) is 12.1 Å². The van der Waals surface area contributed by atoms with Crippen molar-refractivity contribution in [2.45, 2.75) is 26.4 Å². The number of fused-ring (bicyclic) bond motifs is 1. The molecule has 0 bridgehead atoms. The van der Waals surface area contributed by atoms with Gasteiger partial charge in [0.2, 0.25) is 5.91 Å². The summed E-state index contributed by atoms with van der Waals surface area (Å²) in [6.45, 7) is 4.35. The minimum Gasteiger partial charge on any atom is -0.487 e. The molecule has 146 valence electrons. The van der Waals surface area contributed by atoms with E-state index in [0.717, 1.165) is 40.2 Å². The zero-order valence-electron chi connectivity index (χ0n) is 16.4. The van der Waals surface area contributed by atoms with Crippen LogP contribution in [0.5, 0.6) is 5.75 Å². The molecular weight excluding hydrogens is 364 g/mol. The topological polar surface area (TPSA) is 77.0 Å². The van der Waals surface area contributed by atoms with Gasteiger partial charge in [-0.25, -0.2) is 9.97 Å². The molecule has 1 aliphatic rings. The third-order valence-electron chi connectivity index (χ3n) is 4.69. The summed E-state index contributed by atoms with van der Waals surface area (Å²) < 4.78 is 6.16. The van der Waals surface area contributed by atoms with Gasteiger partial charge in [0, 0.05) is 36.3 Å². The van der Waals surface area contributed by atoms with Gasteiger partial charge in [0.15, 0.2) is 5.82 Å². The van der Waals surface area contributed by atoms with Crippen LogP contribution in [-0.2, 0) is 11.2 Å². The lowest BCUT2D eigenvalue weighted by atomic mass is 10.1. The van der Waals surface area contributed by atoms with Crippen molar-refractivity contribution in [1.82, 2.24) is 20.3 Å². The van der Waals surface area contributed by atoms with Gasteiger partial charge in [-0.15, -0.1) is 0 Å². The maximum atomic E-state index is 12.1. The van der Waals surface area contributed by atoms with Crippen LogP contribution in [0.3, 0.4) is 0 Å². The van der Waals surface area contributed by atoms with E-state index in [1.165, 1.54) is 6.08 Å². The molecule has 3 heterocycles. The Morgan fingerprint density at radius 3 is 2.69 bits per heavy atom. The zero-order valence-corrected chi connectivity index (χ0v) is 16.4. The van der Waals surface area contributed by atoms with E-state index in [1.807, 2.05) is 50.2 Å². The standard InChI is InChI=1S/C23H22N4O2/c1-15-12-16(2)27-23(26-15)20-5-3-4-18-13-19(29-22(18)20)14-25-21(28)7-6-17-8-10-24-11-9-17/h3-12,19H,13-14H2,1-2H3,(H,25,28)/b7-6+. The van der Waals surface area contributed by atoms with Gasteiger partial charge in [-0.2, -0.15) is 0 Å². The minimum atomic E-state index is -0.153. The molecule has 3 aromatic rings. The molecular formula is C23H22N4O2. The second-order valence-electron chi connectivity index (χ2n) is 7.07. The Kier molecular flexibility index (Phi) is 5.33. The van der Waals surface area contributed by atoms with Crippen molar-refractivity contribution in [3.05, 3.63) is 77.4 Å². The van der Waals surface area contributed by atoms with Crippen molar-refractivity contribution >= 4 is 12.0 Å². The third-order valence-corrected chi connectivity index (χ3v) is 4.69. The molecule has 1 amide bonds. The molecule has 29 heavy (non-hydrogen) atoms. The summed E-state index contributed by atoms with van der Waals surface area (Å²) >= 11 is 0. The summed E-state index contributed by atoms with van der Waals surface area (Å²) in [6.07, 6.45) is 7.29. The highest BCUT2D eigenvalue weighted by Gasteiger charge is 2.26. The number of carbonyl (C=O) groups excluding carboxylic acids is 1. The monoisotopic (exact) mass is 386 g/mol. The first-order valence-corrected chi connectivity index (χ1v) is 9.55. The summed E-state index contributed by atoms with van der Waals surface area (Å²) in [4.78, 5) is 25.2. The van der Waals surface area contributed by atoms with Crippen LogP contribution in [0.1, 0.15) is 22.5 Å². The molecule has 0 radical (unpaired) electrons. The summed E-state index contributed by atoms with van der Waals surface area (Å²) in [7, 11) is 0. The largest absolute Gasteiger partial charge is 0.487 e. The fourth-order valence-electron chi connectivity index (χ4n) is 3.39. The van der Waals surface area contributed by atoms with Gasteiger partial charge in [-0.05, 0) is 55.3 Å². The second kappa shape index (κ2) is 8.22. The highest BCUT2D eigenvalue weighted by Crippen LogP contribution is 2.37. The van der Waals surface area contributed by atoms with Gasteiger partial charge in [0.05, 0.1) is 12.1 Å². The molecule has 6 nitrogen and oxygen atoms in total. The van der Waals surface area contributed by atoms with Crippen molar-refractivity contribution < 1.29 is 9.53 Å². The predicted octanol–water partition coefficient (Wildman–Crippen LogP) is 3.29. The van der Waals surface area contributed by atoms with Crippen LogP contribution in [0.15, 0.2) is 54.9 Å². The Labute approximate surface area is 169 Å². The lowest BCUT2D eigenvalue weighted by molar-refractivity contribution is -0.116. The maximum absolute atomic E-state index is 12.1. The quantitative estimate of drug-likeness (QED) is 0.681. The minimum absolute atomic E-state index is 0.115. The first kappa shape index (κ1) is 18.8. The lowest BCUT2D eigenvalue weighted by Gasteiger charge is -2.13. The summed E-state index contributed by atoms with van der Waals surface area (Å²) in [5.41, 5.74) is 4.77. The van der Waals surface area contributed by atoms with Crippen LogP contribution >= 0.6 is 0 Å². The Hall–Kier alpha value is -3.54. The predicted molar refractivity (Wildman–Crippen MR) is 111 cm³/mol. The van der Waals surface area contributed by atoms with Crippen molar-refractivity contribution in [1.29, 1.82) is 0 Å². The number of nitrogens with one attached hydrogen (secondary N) is 1. The van der Waals surface area contributed by atoms with Crippen molar-refractivity contribution in [2.24, 2.45) is 0 Å². The average molecular weight is 386 g/mol. The van der Waals surface area contributed by atoms with E-state index >= 15 is 0 Å².